The van der Waals surface area contributed by atoms with Gasteiger partial charge in [0.25, 0.3) is 0 Å². The number of ether oxygens (including phenoxy) is 2. The van der Waals surface area contributed by atoms with E-state index in [1.54, 1.807) is 14.2 Å². The lowest BCUT2D eigenvalue weighted by atomic mass is 9.97. The Morgan fingerprint density at radius 2 is 1.74 bits per heavy atom. The fourth-order valence-corrected chi connectivity index (χ4v) is 2.99. The van der Waals surface area contributed by atoms with Gasteiger partial charge in [-0.1, -0.05) is 12.1 Å². The Kier molecular flexibility index (Phi) is 11.1. The highest BCUT2D eigenvalue weighted by Crippen LogP contribution is 2.39. The van der Waals surface area contributed by atoms with Gasteiger partial charge < -0.3 is 14.8 Å². The van der Waals surface area contributed by atoms with Gasteiger partial charge in [0, 0.05) is 32.2 Å². The Labute approximate surface area is 152 Å². The zero-order valence-electron chi connectivity index (χ0n) is 13.9. The second-order valence-electron chi connectivity index (χ2n) is 5.24. The summed E-state index contributed by atoms with van der Waals surface area (Å²) in [7, 11) is 3.45. The number of hydrogen-bond acceptors (Lipinski definition) is 4. The first-order chi connectivity index (χ1) is 10.3. The maximum atomic E-state index is 5.59. The molecule has 4 nitrogen and oxygen atoms in total. The Balaban J connectivity index is 0.00000242. The zero-order valence-corrected chi connectivity index (χ0v) is 15.5. The monoisotopic (exact) mass is 362 g/mol. The van der Waals surface area contributed by atoms with E-state index in [1.807, 2.05) is 24.3 Å². The average Bonchev–Trinajstić information content (AvgIpc) is 2.56. The molecule has 1 saturated heterocycles. The number of methoxy groups -OCH3 is 2. The summed E-state index contributed by atoms with van der Waals surface area (Å²) in [6.07, 6.45) is 3.99. The normalized spacial score (nSPS) is 15.7. The predicted molar refractivity (Wildman–Crippen MR) is 101 cm³/mol. The summed E-state index contributed by atoms with van der Waals surface area (Å²) < 4.78 is 11.2. The van der Waals surface area contributed by atoms with Gasteiger partial charge in [0.15, 0.2) is 0 Å². The number of rotatable bonds is 7. The molecule has 0 amide bonds. The topological polar surface area (TPSA) is 33.7 Å². The van der Waals surface area contributed by atoms with E-state index in [9.17, 15) is 0 Å². The van der Waals surface area contributed by atoms with Crippen LogP contribution >= 0.6 is 24.8 Å². The highest BCUT2D eigenvalue weighted by Gasteiger charge is 2.27. The first-order valence-electron chi connectivity index (χ1n) is 7.58. The van der Waals surface area contributed by atoms with Crippen LogP contribution in [0.2, 0.25) is 0 Å². The van der Waals surface area contributed by atoms with Gasteiger partial charge in [0.05, 0.1) is 19.8 Å². The molecule has 1 N–H and O–H groups in total. The van der Waals surface area contributed by atoms with Crippen LogP contribution in [0.25, 0.3) is 0 Å². The maximum absolute atomic E-state index is 5.59. The summed E-state index contributed by atoms with van der Waals surface area (Å²) in [5.74, 6) is 1.81. The van der Waals surface area contributed by atoms with Crippen LogP contribution in [0.15, 0.2) is 30.9 Å². The minimum Gasteiger partial charge on any atom is -0.496 e. The molecule has 0 unspecified atom stereocenters. The van der Waals surface area contributed by atoms with E-state index in [4.69, 9.17) is 9.47 Å². The lowest BCUT2D eigenvalue weighted by Gasteiger charge is -2.36. The number of nitrogens with one attached hydrogen (secondary N) is 1. The molecule has 1 aromatic rings. The Hall–Kier alpha value is -0.940. The Bertz CT molecular complexity index is 444. The fraction of sp³-hybridized carbons (Fsp3) is 0.529. The van der Waals surface area contributed by atoms with Crippen molar-refractivity contribution in [3.8, 4) is 11.5 Å². The number of allylic oxidation sites excluding steroid dienone is 1. The van der Waals surface area contributed by atoms with E-state index in [2.05, 4.69) is 16.8 Å². The van der Waals surface area contributed by atoms with Gasteiger partial charge in [-0.15, -0.1) is 31.4 Å². The van der Waals surface area contributed by atoms with Gasteiger partial charge in [0.2, 0.25) is 0 Å². The molecule has 1 atom stereocenters. The molecular formula is C17H28Cl2N2O2. The Morgan fingerprint density at radius 3 is 2.22 bits per heavy atom. The van der Waals surface area contributed by atoms with Gasteiger partial charge >= 0.3 is 0 Å². The summed E-state index contributed by atoms with van der Waals surface area (Å²) in [6.45, 7) is 8.01. The van der Waals surface area contributed by atoms with Crippen molar-refractivity contribution in [3.05, 3.63) is 36.4 Å². The van der Waals surface area contributed by atoms with E-state index in [0.717, 1.165) is 56.1 Å². The standard InChI is InChI=1S/C17H26N2O2.2ClH/c1-4-5-7-14(19-12-10-18-11-13-19)17-15(20-2)8-6-9-16(17)21-3;;/h4,6,8-9,14,18H,1,5,7,10-13H2,2-3H3;2*1H/t14-;;/m1../s1. The van der Waals surface area contributed by atoms with Crippen LogP contribution in [-0.2, 0) is 0 Å². The molecule has 0 aromatic heterocycles. The van der Waals surface area contributed by atoms with Crippen LogP contribution < -0.4 is 14.8 Å². The molecule has 6 heteroatoms. The van der Waals surface area contributed by atoms with Crippen molar-refractivity contribution < 1.29 is 9.47 Å². The van der Waals surface area contributed by atoms with E-state index in [0.29, 0.717) is 6.04 Å². The van der Waals surface area contributed by atoms with Crippen molar-refractivity contribution in [2.45, 2.75) is 18.9 Å². The number of halogens is 2. The minimum absolute atomic E-state index is 0. The van der Waals surface area contributed by atoms with E-state index >= 15 is 0 Å². The van der Waals surface area contributed by atoms with Crippen LogP contribution in [0.1, 0.15) is 24.4 Å². The second-order valence-corrected chi connectivity index (χ2v) is 5.24. The van der Waals surface area contributed by atoms with Gasteiger partial charge in [0.1, 0.15) is 11.5 Å². The molecule has 0 bridgehead atoms. The molecule has 0 radical (unpaired) electrons. The molecule has 0 spiro atoms. The third-order valence-electron chi connectivity index (χ3n) is 4.04. The quantitative estimate of drug-likeness (QED) is 0.753. The predicted octanol–water partition coefficient (Wildman–Crippen LogP) is 3.46. The highest BCUT2D eigenvalue weighted by atomic mass is 35.5. The molecule has 1 aliphatic rings. The summed E-state index contributed by atoms with van der Waals surface area (Å²) in [5, 5.41) is 3.41. The number of piperazine rings is 1. The molecular weight excluding hydrogens is 335 g/mol. The first kappa shape index (κ1) is 22.1. The van der Waals surface area contributed by atoms with Crippen molar-refractivity contribution in [1.29, 1.82) is 0 Å². The summed E-state index contributed by atoms with van der Waals surface area (Å²) in [4.78, 5) is 2.51. The van der Waals surface area contributed by atoms with Crippen LogP contribution in [0.3, 0.4) is 0 Å². The third kappa shape index (κ3) is 5.57. The number of nitrogens with zero attached hydrogens (tertiary/aromatic N) is 1. The van der Waals surface area contributed by atoms with Gasteiger partial charge in [-0.05, 0) is 25.0 Å². The molecule has 1 aromatic carbocycles. The highest BCUT2D eigenvalue weighted by molar-refractivity contribution is 5.85. The molecule has 0 aliphatic carbocycles. The van der Waals surface area contributed by atoms with Gasteiger partial charge in [-0.2, -0.15) is 0 Å². The van der Waals surface area contributed by atoms with Crippen molar-refractivity contribution in [2.24, 2.45) is 0 Å². The van der Waals surface area contributed by atoms with Crippen LogP contribution in [-0.4, -0.2) is 45.3 Å². The zero-order chi connectivity index (χ0) is 15.1. The molecule has 1 aliphatic heterocycles. The molecule has 2 rings (SSSR count). The molecule has 23 heavy (non-hydrogen) atoms. The molecule has 1 fully saturated rings. The van der Waals surface area contributed by atoms with Crippen molar-refractivity contribution >= 4 is 24.8 Å². The fourth-order valence-electron chi connectivity index (χ4n) is 2.99. The van der Waals surface area contributed by atoms with Crippen LogP contribution in [0.5, 0.6) is 11.5 Å². The lowest BCUT2D eigenvalue weighted by Crippen LogP contribution is -2.45. The van der Waals surface area contributed by atoms with Gasteiger partial charge in [-0.3, -0.25) is 4.90 Å². The smallest absolute Gasteiger partial charge is 0.127 e. The van der Waals surface area contributed by atoms with Crippen molar-refractivity contribution in [1.82, 2.24) is 10.2 Å². The van der Waals surface area contributed by atoms with Crippen LogP contribution in [0, 0.1) is 0 Å². The summed E-state index contributed by atoms with van der Waals surface area (Å²) in [6, 6.07) is 6.31. The van der Waals surface area contributed by atoms with E-state index in [-0.39, 0.29) is 24.8 Å². The van der Waals surface area contributed by atoms with E-state index < -0.39 is 0 Å². The molecule has 0 saturated carbocycles. The first-order valence-corrected chi connectivity index (χ1v) is 7.58. The second kappa shape index (κ2) is 11.6. The third-order valence-corrected chi connectivity index (χ3v) is 4.04. The van der Waals surface area contributed by atoms with E-state index in [1.165, 1.54) is 0 Å². The molecule has 132 valence electrons. The number of benzene rings is 1. The SMILES string of the molecule is C=CCC[C@H](c1c(OC)cccc1OC)N1CCNCC1.Cl.Cl. The van der Waals surface area contributed by atoms with Crippen LogP contribution in [0.4, 0.5) is 0 Å². The molecule has 1 heterocycles. The number of hydrogen-bond donors (Lipinski definition) is 1. The van der Waals surface area contributed by atoms with Crippen molar-refractivity contribution in [3.63, 3.8) is 0 Å². The summed E-state index contributed by atoms with van der Waals surface area (Å²) >= 11 is 0. The average molecular weight is 363 g/mol. The lowest BCUT2D eigenvalue weighted by molar-refractivity contribution is 0.160. The maximum Gasteiger partial charge on any atom is 0.127 e. The minimum atomic E-state index is 0. The summed E-state index contributed by atoms with van der Waals surface area (Å²) in [5.41, 5.74) is 1.16. The largest absolute Gasteiger partial charge is 0.496 e. The Morgan fingerprint density at radius 1 is 1.17 bits per heavy atom. The van der Waals surface area contributed by atoms with Gasteiger partial charge in [-0.25, -0.2) is 0 Å². The van der Waals surface area contributed by atoms with Crippen molar-refractivity contribution in [2.75, 3.05) is 40.4 Å².